The zero-order chi connectivity index (χ0) is 25.4. The van der Waals surface area contributed by atoms with Crippen LogP contribution in [0.1, 0.15) is 26.2 Å². The average molecular weight is 510 g/mol. The van der Waals surface area contributed by atoms with E-state index in [1.807, 2.05) is 42.5 Å². The number of anilines is 1. The topological polar surface area (TPSA) is 86.5 Å². The summed E-state index contributed by atoms with van der Waals surface area (Å²) in [5.41, 5.74) is 7.09. The van der Waals surface area contributed by atoms with Gasteiger partial charge in [-0.2, -0.15) is 9.49 Å². The average Bonchev–Trinajstić information content (AvgIpc) is 3.64. The Balaban J connectivity index is 1.37. The summed E-state index contributed by atoms with van der Waals surface area (Å²) < 4.78 is 13.7. The number of pyridine rings is 1. The summed E-state index contributed by atoms with van der Waals surface area (Å²) in [6.45, 7) is 2.06. The lowest BCUT2D eigenvalue weighted by molar-refractivity contribution is -0.116. The fourth-order valence-corrected chi connectivity index (χ4v) is 5.35. The number of H-pyrrole nitrogens is 2. The van der Waals surface area contributed by atoms with Crippen molar-refractivity contribution < 1.29 is 9.18 Å². The minimum Gasteiger partial charge on any atom is -0.353 e. The van der Waals surface area contributed by atoms with Crippen LogP contribution in [0, 0.1) is 5.13 Å². The highest BCUT2D eigenvalue weighted by Crippen LogP contribution is 2.37. The number of benzene rings is 2. The zero-order valence-electron chi connectivity index (χ0n) is 20.1. The number of hydrogen-bond acceptors (Lipinski definition) is 4. The smallest absolute Gasteiger partial charge is 0.224 e. The summed E-state index contributed by atoms with van der Waals surface area (Å²) in [5.74, 6) is -0.00293. The first-order valence-electron chi connectivity index (χ1n) is 12.2. The van der Waals surface area contributed by atoms with Gasteiger partial charge in [0, 0.05) is 44.9 Å². The summed E-state index contributed by atoms with van der Waals surface area (Å²) >= 11 is 1.14. The van der Waals surface area contributed by atoms with Crippen LogP contribution < -0.4 is 5.32 Å². The molecule has 1 amide bonds. The Hall–Kier alpha value is -4.30. The lowest BCUT2D eigenvalue weighted by Crippen LogP contribution is -2.11. The molecule has 2 aromatic carbocycles. The van der Waals surface area contributed by atoms with E-state index in [0.717, 1.165) is 78.9 Å². The van der Waals surface area contributed by atoms with Crippen molar-refractivity contribution in [2.24, 2.45) is 0 Å². The van der Waals surface area contributed by atoms with Crippen molar-refractivity contribution in [1.29, 1.82) is 0 Å². The molecule has 6 aromatic rings. The number of thiophene rings is 1. The molecule has 6 nitrogen and oxygen atoms in total. The maximum Gasteiger partial charge on any atom is 0.224 e. The molecular formula is C29H24FN5OS. The first-order valence-corrected chi connectivity index (χ1v) is 13.0. The highest BCUT2D eigenvalue weighted by Gasteiger charge is 2.15. The molecule has 3 N–H and O–H groups in total. The first-order chi connectivity index (χ1) is 18.1. The number of aromatic nitrogens is 4. The molecule has 0 unspecified atom stereocenters. The first kappa shape index (κ1) is 23.1. The molecule has 0 radical (unpaired) electrons. The molecule has 0 aliphatic heterocycles. The number of amides is 1. The number of nitrogens with zero attached hydrogens (tertiary/aromatic N) is 2. The predicted octanol–water partition coefficient (Wildman–Crippen LogP) is 7.77. The standard InChI is InChI=1S/C29H24FN5OS/c1-2-3-7-28(36)32-19-12-18(15-31-16-19)17-8-9-24-22(13-17)29(35-34-24)25-14-21-20(5-4-6-23(21)33-25)26-10-11-27(30)37-26/h4-6,8-16,33H,2-3,7H2,1H3,(H,32,36)(H,34,35). The fourth-order valence-electron chi connectivity index (χ4n) is 4.58. The van der Waals surface area contributed by atoms with Gasteiger partial charge in [0.05, 0.1) is 23.1 Å². The van der Waals surface area contributed by atoms with Crippen molar-refractivity contribution in [3.63, 3.8) is 0 Å². The molecule has 0 fully saturated rings. The Morgan fingerprint density at radius 2 is 1.92 bits per heavy atom. The molecule has 0 bridgehead atoms. The van der Waals surface area contributed by atoms with Gasteiger partial charge in [-0.15, -0.1) is 11.3 Å². The van der Waals surface area contributed by atoms with Crippen molar-refractivity contribution in [1.82, 2.24) is 20.2 Å². The minimum absolute atomic E-state index is 0.00293. The number of aromatic amines is 2. The Morgan fingerprint density at radius 3 is 2.76 bits per heavy atom. The van der Waals surface area contributed by atoms with E-state index in [4.69, 9.17) is 0 Å². The highest BCUT2D eigenvalue weighted by molar-refractivity contribution is 7.14. The molecule has 0 atom stereocenters. The molecule has 8 heteroatoms. The van der Waals surface area contributed by atoms with E-state index in [-0.39, 0.29) is 11.0 Å². The SMILES string of the molecule is CCCCC(=O)Nc1cncc(-c2ccc3[nH]nc(-c4cc5c(-c6ccc(F)s6)cccc5[nH]4)c3c2)c1. The van der Waals surface area contributed by atoms with Gasteiger partial charge in [0.1, 0.15) is 5.69 Å². The minimum atomic E-state index is -0.201. The molecule has 184 valence electrons. The molecular weight excluding hydrogens is 485 g/mol. The van der Waals surface area contributed by atoms with Gasteiger partial charge in [-0.3, -0.25) is 14.9 Å². The molecule has 0 saturated heterocycles. The lowest BCUT2D eigenvalue weighted by atomic mass is 10.0. The lowest BCUT2D eigenvalue weighted by Gasteiger charge is -2.07. The van der Waals surface area contributed by atoms with Crippen molar-refractivity contribution >= 4 is 44.7 Å². The molecule has 0 aliphatic rings. The van der Waals surface area contributed by atoms with Crippen molar-refractivity contribution in [3.8, 4) is 33.0 Å². The number of halogens is 1. The number of rotatable bonds is 7. The van der Waals surface area contributed by atoms with Crippen LogP contribution in [0.5, 0.6) is 0 Å². The van der Waals surface area contributed by atoms with E-state index in [1.165, 1.54) is 6.07 Å². The summed E-state index contributed by atoms with van der Waals surface area (Å²) in [7, 11) is 0. The van der Waals surface area contributed by atoms with E-state index >= 15 is 0 Å². The second-order valence-electron chi connectivity index (χ2n) is 9.00. The zero-order valence-corrected chi connectivity index (χ0v) is 21.0. The molecule has 6 rings (SSSR count). The summed E-state index contributed by atoms with van der Waals surface area (Å²) in [4.78, 5) is 20.9. The van der Waals surface area contributed by atoms with Crippen LogP contribution >= 0.6 is 11.3 Å². The van der Waals surface area contributed by atoms with Crippen LogP contribution in [0.4, 0.5) is 10.1 Å². The van der Waals surface area contributed by atoms with Gasteiger partial charge in [0.2, 0.25) is 5.91 Å². The van der Waals surface area contributed by atoms with Crippen LogP contribution in [0.25, 0.3) is 54.8 Å². The third-order valence-electron chi connectivity index (χ3n) is 6.43. The normalized spacial score (nSPS) is 11.4. The van der Waals surface area contributed by atoms with E-state index in [1.54, 1.807) is 12.4 Å². The van der Waals surface area contributed by atoms with Gasteiger partial charge < -0.3 is 10.3 Å². The third kappa shape index (κ3) is 4.51. The second-order valence-corrected chi connectivity index (χ2v) is 10.0. The number of carbonyl (C=O) groups excluding carboxylic acids is 1. The Bertz CT molecular complexity index is 1750. The van der Waals surface area contributed by atoms with E-state index in [0.29, 0.717) is 12.1 Å². The number of nitrogens with one attached hydrogen (secondary N) is 3. The third-order valence-corrected chi connectivity index (χ3v) is 7.34. The Kier molecular flexibility index (Phi) is 6.02. The van der Waals surface area contributed by atoms with Crippen LogP contribution in [0.15, 0.2) is 73.1 Å². The van der Waals surface area contributed by atoms with Crippen LogP contribution in [0.2, 0.25) is 0 Å². The van der Waals surface area contributed by atoms with Gasteiger partial charge >= 0.3 is 0 Å². The maximum atomic E-state index is 13.7. The number of fused-ring (bicyclic) bond motifs is 2. The monoisotopic (exact) mass is 509 g/mol. The highest BCUT2D eigenvalue weighted by atomic mass is 32.1. The Morgan fingerprint density at radius 1 is 1.00 bits per heavy atom. The van der Waals surface area contributed by atoms with Gasteiger partial charge in [-0.05, 0) is 54.4 Å². The summed E-state index contributed by atoms with van der Waals surface area (Å²) in [6, 6.07) is 19.4. The van der Waals surface area contributed by atoms with Crippen molar-refractivity contribution in [2.45, 2.75) is 26.2 Å². The molecule has 0 aliphatic carbocycles. The van der Waals surface area contributed by atoms with E-state index in [2.05, 4.69) is 44.5 Å². The number of hydrogen-bond donors (Lipinski definition) is 3. The summed E-state index contributed by atoms with van der Waals surface area (Å²) in [5, 5.41) is 12.4. The van der Waals surface area contributed by atoms with Gasteiger partial charge in [0.15, 0.2) is 5.13 Å². The Labute approximate surface area is 216 Å². The second kappa shape index (κ2) is 9.63. The molecule has 0 spiro atoms. The van der Waals surface area contributed by atoms with E-state index < -0.39 is 0 Å². The van der Waals surface area contributed by atoms with Gasteiger partial charge in [-0.25, -0.2) is 0 Å². The van der Waals surface area contributed by atoms with Crippen molar-refractivity contribution in [2.75, 3.05) is 5.32 Å². The number of carbonyl (C=O) groups is 1. The maximum absolute atomic E-state index is 13.7. The molecule has 4 aromatic heterocycles. The molecule has 37 heavy (non-hydrogen) atoms. The van der Waals surface area contributed by atoms with Gasteiger partial charge in [-0.1, -0.05) is 31.5 Å². The molecule has 4 heterocycles. The van der Waals surface area contributed by atoms with Gasteiger partial charge in [0.25, 0.3) is 0 Å². The molecule has 0 saturated carbocycles. The van der Waals surface area contributed by atoms with E-state index in [9.17, 15) is 9.18 Å². The van der Waals surface area contributed by atoms with Crippen LogP contribution in [0.3, 0.4) is 0 Å². The number of unbranched alkanes of at least 4 members (excludes halogenated alkanes) is 1. The van der Waals surface area contributed by atoms with Crippen LogP contribution in [-0.4, -0.2) is 26.1 Å². The largest absolute Gasteiger partial charge is 0.353 e. The summed E-state index contributed by atoms with van der Waals surface area (Å²) in [6.07, 6.45) is 5.79. The quantitative estimate of drug-likeness (QED) is 0.205. The van der Waals surface area contributed by atoms with Crippen molar-refractivity contribution in [3.05, 3.63) is 78.2 Å². The van der Waals surface area contributed by atoms with Crippen LogP contribution in [-0.2, 0) is 4.79 Å². The fraction of sp³-hybridized carbons (Fsp3) is 0.138. The predicted molar refractivity (Wildman–Crippen MR) is 148 cm³/mol.